The molecule has 4 rings (SSSR count). The highest BCUT2D eigenvalue weighted by Crippen LogP contribution is 2.33. The zero-order valence-electron chi connectivity index (χ0n) is 13.5. The average molecular weight is 356 g/mol. The molecule has 0 saturated carbocycles. The number of fused-ring (bicyclic) bond motifs is 1. The lowest BCUT2D eigenvalue weighted by Gasteiger charge is -2.03. The molecular formula is C16H16N6O2S. The lowest BCUT2D eigenvalue weighted by atomic mass is 10.1. The fourth-order valence-corrected chi connectivity index (χ4v) is 3.46. The Hall–Kier alpha value is -2.81. The van der Waals surface area contributed by atoms with Gasteiger partial charge in [-0.15, -0.1) is 16.4 Å². The van der Waals surface area contributed by atoms with Gasteiger partial charge in [0.05, 0.1) is 12.2 Å². The van der Waals surface area contributed by atoms with Gasteiger partial charge < -0.3 is 10.1 Å². The molecule has 9 heteroatoms. The Kier molecular flexibility index (Phi) is 4.14. The molecule has 0 fully saturated rings. The normalized spacial score (nSPS) is 15.6. The summed E-state index contributed by atoms with van der Waals surface area (Å²) in [6, 6.07) is 6.09. The SMILES string of the molecule is C[C@H]1Cc2cc(-c3csc(NC(=O)CCn4cnnn4)n3)ccc2O1. The van der Waals surface area contributed by atoms with Crippen molar-refractivity contribution in [3.8, 4) is 17.0 Å². The molecule has 3 aromatic rings. The molecule has 128 valence electrons. The predicted octanol–water partition coefficient (Wildman–Crippen LogP) is 2.15. The van der Waals surface area contributed by atoms with Crippen LogP contribution in [-0.2, 0) is 17.8 Å². The number of amides is 1. The van der Waals surface area contributed by atoms with E-state index in [0.717, 1.165) is 23.4 Å². The zero-order valence-corrected chi connectivity index (χ0v) is 14.4. The van der Waals surface area contributed by atoms with E-state index in [-0.39, 0.29) is 18.4 Å². The summed E-state index contributed by atoms with van der Waals surface area (Å²) >= 11 is 1.41. The Balaban J connectivity index is 1.40. The molecule has 0 unspecified atom stereocenters. The number of aromatic nitrogens is 5. The maximum atomic E-state index is 12.0. The zero-order chi connectivity index (χ0) is 17.2. The van der Waals surface area contributed by atoms with E-state index in [4.69, 9.17) is 4.74 Å². The number of carbonyl (C=O) groups excluding carboxylic acids is 1. The third kappa shape index (κ3) is 3.50. The van der Waals surface area contributed by atoms with Crippen LogP contribution in [0.25, 0.3) is 11.3 Å². The standard InChI is InChI=1S/C16H16N6O2S/c1-10-6-12-7-11(2-3-14(12)24-10)13-8-25-16(18-13)19-15(23)4-5-22-9-17-20-21-22/h2-3,7-10H,4-6H2,1H3,(H,18,19,23)/t10-/m0/s1. The number of thiazole rings is 1. The Labute approximate surface area is 147 Å². The smallest absolute Gasteiger partial charge is 0.228 e. The van der Waals surface area contributed by atoms with Crippen LogP contribution in [0.4, 0.5) is 5.13 Å². The Morgan fingerprint density at radius 3 is 3.24 bits per heavy atom. The minimum absolute atomic E-state index is 0.118. The Morgan fingerprint density at radius 1 is 1.48 bits per heavy atom. The van der Waals surface area contributed by atoms with E-state index in [1.54, 1.807) is 0 Å². The molecule has 1 N–H and O–H groups in total. The molecule has 1 aromatic carbocycles. The van der Waals surface area contributed by atoms with Crippen molar-refractivity contribution in [2.75, 3.05) is 5.32 Å². The molecule has 1 aliphatic heterocycles. The van der Waals surface area contributed by atoms with Gasteiger partial charge in [-0.25, -0.2) is 9.67 Å². The molecule has 25 heavy (non-hydrogen) atoms. The Morgan fingerprint density at radius 2 is 2.40 bits per heavy atom. The first kappa shape index (κ1) is 15.7. The molecule has 3 heterocycles. The summed E-state index contributed by atoms with van der Waals surface area (Å²) < 4.78 is 7.24. The van der Waals surface area contributed by atoms with E-state index < -0.39 is 0 Å². The molecule has 1 aliphatic rings. The number of ether oxygens (including phenoxy) is 1. The molecule has 0 bridgehead atoms. The van der Waals surface area contributed by atoms with Crippen molar-refractivity contribution in [3.05, 3.63) is 35.5 Å². The predicted molar refractivity (Wildman–Crippen MR) is 92.4 cm³/mol. The first-order valence-corrected chi connectivity index (χ1v) is 8.81. The fourth-order valence-electron chi connectivity index (χ4n) is 2.73. The highest BCUT2D eigenvalue weighted by Gasteiger charge is 2.19. The second-order valence-electron chi connectivity index (χ2n) is 5.86. The molecule has 0 saturated heterocycles. The fraction of sp³-hybridized carbons (Fsp3) is 0.312. The molecular weight excluding hydrogens is 340 g/mol. The van der Waals surface area contributed by atoms with Gasteiger partial charge in [0, 0.05) is 23.8 Å². The summed E-state index contributed by atoms with van der Waals surface area (Å²) in [5, 5.41) is 16.1. The third-order valence-electron chi connectivity index (χ3n) is 3.90. The van der Waals surface area contributed by atoms with Crippen LogP contribution < -0.4 is 10.1 Å². The number of anilines is 1. The van der Waals surface area contributed by atoms with Crippen LogP contribution in [-0.4, -0.2) is 37.2 Å². The average Bonchev–Trinajstić information content (AvgIpc) is 3.32. The van der Waals surface area contributed by atoms with Crippen LogP contribution in [0.3, 0.4) is 0 Å². The van der Waals surface area contributed by atoms with E-state index in [9.17, 15) is 4.79 Å². The monoisotopic (exact) mass is 356 g/mol. The molecule has 2 aromatic heterocycles. The number of carbonyl (C=O) groups is 1. The number of hydrogen-bond donors (Lipinski definition) is 1. The van der Waals surface area contributed by atoms with Gasteiger partial charge in [0.15, 0.2) is 5.13 Å². The van der Waals surface area contributed by atoms with Crippen molar-refractivity contribution < 1.29 is 9.53 Å². The van der Waals surface area contributed by atoms with Crippen LogP contribution in [0.2, 0.25) is 0 Å². The first-order chi connectivity index (χ1) is 12.2. The molecule has 0 aliphatic carbocycles. The van der Waals surface area contributed by atoms with Crippen molar-refractivity contribution in [3.63, 3.8) is 0 Å². The van der Waals surface area contributed by atoms with Gasteiger partial charge in [0.2, 0.25) is 5.91 Å². The van der Waals surface area contributed by atoms with Crippen molar-refractivity contribution in [1.82, 2.24) is 25.2 Å². The number of rotatable bonds is 5. The minimum atomic E-state index is -0.118. The summed E-state index contributed by atoms with van der Waals surface area (Å²) in [6.07, 6.45) is 2.89. The quantitative estimate of drug-likeness (QED) is 0.753. The lowest BCUT2D eigenvalue weighted by molar-refractivity contribution is -0.116. The summed E-state index contributed by atoms with van der Waals surface area (Å²) in [5.41, 5.74) is 3.08. The second kappa shape index (κ2) is 6.60. The number of nitrogens with one attached hydrogen (secondary N) is 1. The largest absolute Gasteiger partial charge is 0.490 e. The first-order valence-electron chi connectivity index (χ1n) is 7.93. The van der Waals surface area contributed by atoms with E-state index >= 15 is 0 Å². The maximum Gasteiger partial charge on any atom is 0.228 e. The highest BCUT2D eigenvalue weighted by molar-refractivity contribution is 7.14. The van der Waals surface area contributed by atoms with E-state index in [0.29, 0.717) is 11.7 Å². The Bertz CT molecular complexity index is 892. The van der Waals surface area contributed by atoms with Gasteiger partial charge in [-0.05, 0) is 41.1 Å². The number of tetrazole rings is 1. The second-order valence-corrected chi connectivity index (χ2v) is 6.72. The van der Waals surface area contributed by atoms with E-state index in [2.05, 4.69) is 38.8 Å². The van der Waals surface area contributed by atoms with Crippen molar-refractivity contribution in [2.24, 2.45) is 0 Å². The van der Waals surface area contributed by atoms with Crippen LogP contribution in [0.1, 0.15) is 18.9 Å². The van der Waals surface area contributed by atoms with Gasteiger partial charge in [-0.1, -0.05) is 0 Å². The summed E-state index contributed by atoms with van der Waals surface area (Å²) in [6.45, 7) is 2.49. The molecule has 1 amide bonds. The van der Waals surface area contributed by atoms with Crippen molar-refractivity contribution in [1.29, 1.82) is 0 Å². The van der Waals surface area contributed by atoms with Crippen LogP contribution >= 0.6 is 11.3 Å². The number of aryl methyl sites for hydroxylation is 1. The lowest BCUT2D eigenvalue weighted by Crippen LogP contribution is -2.14. The summed E-state index contributed by atoms with van der Waals surface area (Å²) in [7, 11) is 0. The van der Waals surface area contributed by atoms with Crippen molar-refractivity contribution >= 4 is 22.4 Å². The summed E-state index contributed by atoms with van der Waals surface area (Å²) in [5.74, 6) is 0.829. The highest BCUT2D eigenvalue weighted by atomic mass is 32.1. The number of hydrogen-bond acceptors (Lipinski definition) is 7. The van der Waals surface area contributed by atoms with Gasteiger partial charge in [-0.3, -0.25) is 4.79 Å². The van der Waals surface area contributed by atoms with Crippen LogP contribution in [0.15, 0.2) is 29.9 Å². The third-order valence-corrected chi connectivity index (χ3v) is 4.66. The van der Waals surface area contributed by atoms with E-state index in [1.165, 1.54) is 27.9 Å². The van der Waals surface area contributed by atoms with Crippen LogP contribution in [0, 0.1) is 0 Å². The van der Waals surface area contributed by atoms with Crippen molar-refractivity contribution in [2.45, 2.75) is 32.4 Å². The topological polar surface area (TPSA) is 94.8 Å². The van der Waals surface area contributed by atoms with Gasteiger partial charge >= 0.3 is 0 Å². The minimum Gasteiger partial charge on any atom is -0.490 e. The molecule has 0 radical (unpaired) electrons. The number of nitrogens with zero attached hydrogens (tertiary/aromatic N) is 5. The van der Waals surface area contributed by atoms with Gasteiger partial charge in [-0.2, -0.15) is 0 Å². The summed E-state index contributed by atoms with van der Waals surface area (Å²) in [4.78, 5) is 16.5. The van der Waals surface area contributed by atoms with E-state index in [1.807, 2.05) is 17.5 Å². The number of benzene rings is 1. The molecule has 1 atom stereocenters. The maximum absolute atomic E-state index is 12.0. The molecule has 0 spiro atoms. The van der Waals surface area contributed by atoms with Gasteiger partial charge in [0.25, 0.3) is 0 Å². The molecule has 8 nitrogen and oxygen atoms in total. The van der Waals surface area contributed by atoms with Gasteiger partial charge in [0.1, 0.15) is 18.2 Å². The van der Waals surface area contributed by atoms with Crippen LogP contribution in [0.5, 0.6) is 5.75 Å².